The van der Waals surface area contributed by atoms with Crippen molar-refractivity contribution >= 4 is 27.5 Å². The first-order valence-corrected chi connectivity index (χ1v) is 6.71. The molecule has 0 saturated carbocycles. The summed E-state index contributed by atoms with van der Waals surface area (Å²) in [5.41, 5.74) is 0. The number of amides is 1. The second-order valence-electron chi connectivity index (χ2n) is 3.74. The van der Waals surface area contributed by atoms with Crippen LogP contribution in [0.25, 0.3) is 0 Å². The fourth-order valence-electron chi connectivity index (χ4n) is 1.03. The lowest BCUT2D eigenvalue weighted by molar-refractivity contribution is -0.128. The monoisotopic (exact) mass is 292 g/mol. The third kappa shape index (κ3) is 3.37. The molecule has 0 aliphatic carbocycles. The summed E-state index contributed by atoms with van der Waals surface area (Å²) in [5, 5.41) is -0.0408. The second kappa shape index (κ2) is 5.59. The van der Waals surface area contributed by atoms with Gasteiger partial charge in [-0.2, -0.15) is 4.31 Å². The summed E-state index contributed by atoms with van der Waals surface area (Å²) in [6.07, 6.45) is 2.20. The van der Waals surface area contributed by atoms with Gasteiger partial charge < -0.3 is 4.90 Å². The van der Waals surface area contributed by atoms with Crippen LogP contribution in [0.1, 0.15) is 0 Å². The normalized spacial score (nSPS) is 11.6. The molecule has 0 fully saturated rings. The van der Waals surface area contributed by atoms with Crippen LogP contribution in [0.2, 0.25) is 5.28 Å². The van der Waals surface area contributed by atoms with E-state index in [1.807, 2.05) is 0 Å². The molecule has 0 unspecified atom stereocenters. The molecule has 1 rings (SSSR count). The molecule has 7 nitrogen and oxygen atoms in total. The van der Waals surface area contributed by atoms with Crippen molar-refractivity contribution in [2.24, 2.45) is 0 Å². The molecule has 18 heavy (non-hydrogen) atoms. The Kier molecular flexibility index (Phi) is 4.60. The molecule has 0 aliphatic heterocycles. The molecule has 0 aliphatic rings. The molecular formula is C9H13ClN4O3S. The van der Waals surface area contributed by atoms with Crippen molar-refractivity contribution in [3.63, 3.8) is 0 Å². The number of rotatable bonds is 4. The predicted molar refractivity (Wildman–Crippen MR) is 65.6 cm³/mol. The van der Waals surface area contributed by atoms with Crippen molar-refractivity contribution in [1.29, 1.82) is 0 Å². The Hall–Kier alpha value is -1.25. The number of carbonyl (C=O) groups excluding carboxylic acids is 1. The number of nitrogens with zero attached hydrogens (tertiary/aromatic N) is 4. The van der Waals surface area contributed by atoms with Crippen molar-refractivity contribution in [2.45, 2.75) is 4.90 Å². The summed E-state index contributed by atoms with van der Waals surface area (Å²) in [6, 6.07) is 0. The number of halogens is 1. The molecule has 0 aromatic carbocycles. The molecule has 0 N–H and O–H groups in total. The van der Waals surface area contributed by atoms with Gasteiger partial charge in [-0.05, 0) is 11.6 Å². The van der Waals surface area contributed by atoms with Gasteiger partial charge in [0.05, 0.1) is 18.9 Å². The van der Waals surface area contributed by atoms with E-state index in [1.165, 1.54) is 11.9 Å². The Labute approximate surface area is 110 Å². The Morgan fingerprint density at radius 2 is 1.78 bits per heavy atom. The standard InChI is InChI=1S/C9H13ClN4O3S/c1-13(2)8(15)6-14(3)18(16,17)7-4-11-9(10)12-5-7/h4-5H,6H2,1-3H3. The van der Waals surface area contributed by atoms with E-state index in [4.69, 9.17) is 11.6 Å². The number of likely N-dealkylation sites (N-methyl/N-ethyl adjacent to an activating group) is 2. The summed E-state index contributed by atoms with van der Waals surface area (Å²) in [5.74, 6) is -0.323. The average molecular weight is 293 g/mol. The number of carbonyl (C=O) groups is 1. The largest absolute Gasteiger partial charge is 0.348 e. The molecule has 9 heteroatoms. The van der Waals surface area contributed by atoms with Gasteiger partial charge in [-0.15, -0.1) is 0 Å². The third-order valence-corrected chi connectivity index (χ3v) is 4.11. The second-order valence-corrected chi connectivity index (χ2v) is 6.12. The zero-order chi connectivity index (χ0) is 13.9. The van der Waals surface area contributed by atoms with Crippen molar-refractivity contribution < 1.29 is 13.2 Å². The lowest BCUT2D eigenvalue weighted by Crippen LogP contribution is -2.37. The van der Waals surface area contributed by atoms with E-state index >= 15 is 0 Å². The number of hydrogen-bond acceptors (Lipinski definition) is 5. The van der Waals surface area contributed by atoms with Crippen LogP contribution < -0.4 is 0 Å². The third-order valence-electron chi connectivity index (χ3n) is 2.16. The predicted octanol–water partition coefficient (Wildman–Crippen LogP) is -0.161. The molecule has 1 aromatic rings. The molecule has 100 valence electrons. The number of sulfonamides is 1. The lowest BCUT2D eigenvalue weighted by atomic mass is 10.5. The molecular weight excluding hydrogens is 280 g/mol. The fourth-order valence-corrected chi connectivity index (χ4v) is 2.14. The van der Waals surface area contributed by atoms with Crippen LogP contribution in [-0.4, -0.2) is 61.2 Å². The molecule has 1 heterocycles. The summed E-state index contributed by atoms with van der Waals surface area (Å²) in [4.78, 5) is 19.8. The Bertz CT molecular complexity index is 529. The highest BCUT2D eigenvalue weighted by Gasteiger charge is 2.24. The SMILES string of the molecule is CN(C)C(=O)CN(C)S(=O)(=O)c1cnc(Cl)nc1. The highest BCUT2D eigenvalue weighted by Crippen LogP contribution is 2.12. The summed E-state index contributed by atoms with van der Waals surface area (Å²) in [6.45, 7) is -0.252. The number of hydrogen-bond donors (Lipinski definition) is 0. The molecule has 0 spiro atoms. The minimum atomic E-state index is -3.78. The van der Waals surface area contributed by atoms with Crippen LogP contribution in [0.4, 0.5) is 0 Å². The number of aromatic nitrogens is 2. The van der Waals surface area contributed by atoms with Crippen LogP contribution >= 0.6 is 11.6 Å². The maximum absolute atomic E-state index is 12.0. The molecule has 0 atom stereocenters. The average Bonchev–Trinajstić information content (AvgIpc) is 2.29. The molecule has 0 saturated heterocycles. The fraction of sp³-hybridized carbons (Fsp3) is 0.444. The Balaban J connectivity index is 2.93. The van der Waals surface area contributed by atoms with E-state index < -0.39 is 10.0 Å². The first-order chi connectivity index (χ1) is 8.25. The van der Waals surface area contributed by atoms with Gasteiger partial charge in [0.1, 0.15) is 4.90 Å². The zero-order valence-electron chi connectivity index (χ0n) is 10.2. The highest BCUT2D eigenvalue weighted by molar-refractivity contribution is 7.89. The van der Waals surface area contributed by atoms with Crippen molar-refractivity contribution in [1.82, 2.24) is 19.2 Å². The first-order valence-electron chi connectivity index (χ1n) is 4.89. The highest BCUT2D eigenvalue weighted by atomic mass is 35.5. The lowest BCUT2D eigenvalue weighted by Gasteiger charge is -2.18. The van der Waals surface area contributed by atoms with Gasteiger partial charge in [0.15, 0.2) is 0 Å². The molecule has 1 aromatic heterocycles. The van der Waals surface area contributed by atoms with Gasteiger partial charge in [-0.3, -0.25) is 4.79 Å². The van der Waals surface area contributed by atoms with E-state index in [0.717, 1.165) is 16.7 Å². The van der Waals surface area contributed by atoms with Crippen LogP contribution in [0.5, 0.6) is 0 Å². The van der Waals surface area contributed by atoms with Crippen LogP contribution in [0, 0.1) is 0 Å². The zero-order valence-corrected chi connectivity index (χ0v) is 11.7. The van der Waals surface area contributed by atoms with Gasteiger partial charge in [0, 0.05) is 21.1 Å². The van der Waals surface area contributed by atoms with E-state index in [9.17, 15) is 13.2 Å². The van der Waals surface area contributed by atoms with Gasteiger partial charge in [-0.1, -0.05) is 0 Å². The van der Waals surface area contributed by atoms with E-state index in [-0.39, 0.29) is 22.6 Å². The maximum atomic E-state index is 12.0. The molecule has 1 amide bonds. The Morgan fingerprint density at radius 1 is 1.28 bits per heavy atom. The van der Waals surface area contributed by atoms with Crippen LogP contribution in [0.15, 0.2) is 17.3 Å². The smallest absolute Gasteiger partial charge is 0.246 e. The summed E-state index contributed by atoms with van der Waals surface area (Å²) < 4.78 is 25.0. The first kappa shape index (κ1) is 14.8. The minimum Gasteiger partial charge on any atom is -0.348 e. The van der Waals surface area contributed by atoms with E-state index in [0.29, 0.717) is 0 Å². The van der Waals surface area contributed by atoms with Crippen molar-refractivity contribution in [3.8, 4) is 0 Å². The Morgan fingerprint density at radius 3 is 2.22 bits per heavy atom. The van der Waals surface area contributed by atoms with Gasteiger partial charge in [0.25, 0.3) is 0 Å². The maximum Gasteiger partial charge on any atom is 0.246 e. The van der Waals surface area contributed by atoms with E-state index in [1.54, 1.807) is 14.1 Å². The molecule has 0 radical (unpaired) electrons. The minimum absolute atomic E-state index is 0.0408. The van der Waals surface area contributed by atoms with Crippen molar-refractivity contribution in [2.75, 3.05) is 27.7 Å². The van der Waals surface area contributed by atoms with Crippen LogP contribution in [0.3, 0.4) is 0 Å². The van der Waals surface area contributed by atoms with Gasteiger partial charge >= 0.3 is 0 Å². The van der Waals surface area contributed by atoms with Crippen LogP contribution in [-0.2, 0) is 14.8 Å². The molecule has 0 bridgehead atoms. The van der Waals surface area contributed by atoms with Crippen molar-refractivity contribution in [3.05, 3.63) is 17.7 Å². The topological polar surface area (TPSA) is 83.5 Å². The summed E-state index contributed by atoms with van der Waals surface area (Å²) in [7, 11) is 0.628. The van der Waals surface area contributed by atoms with Gasteiger partial charge in [0.2, 0.25) is 21.2 Å². The van der Waals surface area contributed by atoms with Gasteiger partial charge in [-0.25, -0.2) is 18.4 Å². The quantitative estimate of drug-likeness (QED) is 0.720. The van der Waals surface area contributed by atoms with E-state index in [2.05, 4.69) is 9.97 Å². The summed E-state index contributed by atoms with van der Waals surface area (Å²) >= 11 is 5.48.